The molecule has 0 bridgehead atoms. The molecule has 1 saturated heterocycles. The summed E-state index contributed by atoms with van der Waals surface area (Å²) in [6.45, 7) is 1.50. The van der Waals surface area contributed by atoms with E-state index in [1.807, 2.05) is 6.92 Å². The van der Waals surface area contributed by atoms with Crippen LogP contribution in [0.15, 0.2) is 6.33 Å². The van der Waals surface area contributed by atoms with Gasteiger partial charge in [-0.1, -0.05) is 0 Å². The summed E-state index contributed by atoms with van der Waals surface area (Å²) in [5.41, 5.74) is -0.0344. The van der Waals surface area contributed by atoms with E-state index in [2.05, 4.69) is 20.3 Å². The Kier molecular flexibility index (Phi) is 4.46. The van der Waals surface area contributed by atoms with Crippen LogP contribution in [0.25, 0.3) is 11.2 Å². The number of rotatable bonds is 5. The Morgan fingerprint density at radius 1 is 1.37 bits per heavy atom. The van der Waals surface area contributed by atoms with Crippen molar-refractivity contribution < 1.29 is 27.4 Å². The third kappa shape index (κ3) is 3.45. The number of alkyl halides is 4. The lowest BCUT2D eigenvalue weighted by Crippen LogP contribution is -2.22. The number of aliphatic hydroxyl groups is 1. The maximum absolute atomic E-state index is 14.3. The highest BCUT2D eigenvalue weighted by atomic mass is 19.4. The van der Waals surface area contributed by atoms with Gasteiger partial charge in [0.2, 0.25) is 5.82 Å². The molecular formula is C16H19F4N5O2. The molecule has 1 saturated carbocycles. The van der Waals surface area contributed by atoms with Crippen LogP contribution in [-0.2, 0) is 10.9 Å². The van der Waals surface area contributed by atoms with Crippen molar-refractivity contribution in [2.24, 2.45) is 5.92 Å². The van der Waals surface area contributed by atoms with Crippen LogP contribution >= 0.6 is 0 Å². The Hall–Kier alpha value is -2.01. The minimum Gasteiger partial charge on any atom is -0.394 e. The number of nitrogens with one attached hydrogen (secondary N) is 1. The van der Waals surface area contributed by atoms with E-state index in [1.165, 1.54) is 6.33 Å². The third-order valence-corrected chi connectivity index (χ3v) is 4.98. The van der Waals surface area contributed by atoms with Gasteiger partial charge in [0.25, 0.3) is 0 Å². The SMILES string of the molecule is CC(Nc1nc(C(F)(F)F)nc2c1ncn2C1OC(CO)CC1F)C1CC1. The molecule has 2 aliphatic rings. The number of hydrogen-bond acceptors (Lipinski definition) is 6. The van der Waals surface area contributed by atoms with Crippen LogP contribution in [0.3, 0.4) is 0 Å². The van der Waals surface area contributed by atoms with Gasteiger partial charge in [0.05, 0.1) is 19.0 Å². The number of aliphatic hydroxyl groups excluding tert-OH is 1. The molecule has 3 heterocycles. The molecule has 27 heavy (non-hydrogen) atoms. The molecule has 11 heteroatoms. The lowest BCUT2D eigenvalue weighted by atomic mass is 10.2. The van der Waals surface area contributed by atoms with Crippen molar-refractivity contribution in [1.29, 1.82) is 0 Å². The van der Waals surface area contributed by atoms with E-state index in [9.17, 15) is 17.6 Å². The summed E-state index contributed by atoms with van der Waals surface area (Å²) < 4.78 is 60.7. The van der Waals surface area contributed by atoms with Gasteiger partial charge in [-0.05, 0) is 25.7 Å². The number of fused-ring (bicyclic) bond motifs is 1. The zero-order chi connectivity index (χ0) is 19.3. The molecule has 0 aromatic carbocycles. The van der Waals surface area contributed by atoms with Gasteiger partial charge in [0, 0.05) is 12.5 Å². The Bertz CT molecular complexity index is 838. The molecule has 2 fully saturated rings. The Labute approximate surface area is 151 Å². The molecule has 2 aromatic heterocycles. The molecule has 2 aromatic rings. The van der Waals surface area contributed by atoms with E-state index in [1.54, 1.807) is 0 Å². The normalized spacial score (nSPS) is 27.3. The fraction of sp³-hybridized carbons (Fsp3) is 0.688. The summed E-state index contributed by atoms with van der Waals surface area (Å²) in [6.07, 6.45) is -5.02. The van der Waals surface area contributed by atoms with E-state index < -0.39 is 30.5 Å². The summed E-state index contributed by atoms with van der Waals surface area (Å²) in [6, 6.07) is -0.0650. The molecule has 1 aliphatic heterocycles. The minimum absolute atomic E-state index is 0.0300. The third-order valence-electron chi connectivity index (χ3n) is 4.98. The number of anilines is 1. The number of aromatic nitrogens is 4. The quantitative estimate of drug-likeness (QED) is 0.765. The average molecular weight is 389 g/mol. The maximum Gasteiger partial charge on any atom is 0.451 e. The van der Waals surface area contributed by atoms with Crippen molar-refractivity contribution in [1.82, 2.24) is 19.5 Å². The molecule has 2 N–H and O–H groups in total. The highest BCUT2D eigenvalue weighted by Crippen LogP contribution is 2.37. The maximum atomic E-state index is 14.3. The van der Waals surface area contributed by atoms with Gasteiger partial charge < -0.3 is 15.2 Å². The molecule has 0 amide bonds. The summed E-state index contributed by atoms with van der Waals surface area (Å²) in [4.78, 5) is 11.3. The second-order valence-corrected chi connectivity index (χ2v) is 7.07. The molecule has 4 unspecified atom stereocenters. The number of hydrogen-bond donors (Lipinski definition) is 2. The zero-order valence-electron chi connectivity index (χ0n) is 14.4. The second-order valence-electron chi connectivity index (χ2n) is 7.07. The smallest absolute Gasteiger partial charge is 0.394 e. The summed E-state index contributed by atoms with van der Waals surface area (Å²) in [5, 5.41) is 12.2. The van der Waals surface area contributed by atoms with E-state index in [0.717, 1.165) is 17.4 Å². The van der Waals surface area contributed by atoms with Crippen molar-refractivity contribution in [3.8, 4) is 0 Å². The molecular weight excluding hydrogens is 370 g/mol. The Morgan fingerprint density at radius 2 is 2.11 bits per heavy atom. The summed E-state index contributed by atoms with van der Waals surface area (Å²) in [7, 11) is 0. The van der Waals surface area contributed by atoms with Gasteiger partial charge in [-0.25, -0.2) is 19.3 Å². The lowest BCUT2D eigenvalue weighted by molar-refractivity contribution is -0.144. The van der Waals surface area contributed by atoms with Gasteiger partial charge in [0.1, 0.15) is 6.17 Å². The number of halogens is 4. The van der Waals surface area contributed by atoms with Crippen LogP contribution in [0.2, 0.25) is 0 Å². The molecule has 0 spiro atoms. The second kappa shape index (κ2) is 6.55. The fourth-order valence-electron chi connectivity index (χ4n) is 3.32. The summed E-state index contributed by atoms with van der Waals surface area (Å²) in [5.74, 6) is -0.975. The Balaban J connectivity index is 1.77. The van der Waals surface area contributed by atoms with Crippen LogP contribution in [-0.4, -0.2) is 49.5 Å². The average Bonchev–Trinajstić information content (AvgIpc) is 3.27. The zero-order valence-corrected chi connectivity index (χ0v) is 14.4. The van der Waals surface area contributed by atoms with Crippen molar-refractivity contribution in [2.75, 3.05) is 11.9 Å². The van der Waals surface area contributed by atoms with E-state index in [0.29, 0.717) is 5.92 Å². The molecule has 0 radical (unpaired) electrons. The van der Waals surface area contributed by atoms with Crippen molar-refractivity contribution in [3.05, 3.63) is 12.2 Å². The Morgan fingerprint density at radius 3 is 2.70 bits per heavy atom. The van der Waals surface area contributed by atoms with Gasteiger partial charge in [-0.15, -0.1) is 0 Å². The van der Waals surface area contributed by atoms with Crippen molar-refractivity contribution in [2.45, 2.75) is 56.9 Å². The monoisotopic (exact) mass is 389 g/mol. The van der Waals surface area contributed by atoms with Gasteiger partial charge in [-0.2, -0.15) is 13.2 Å². The number of ether oxygens (including phenoxy) is 1. The van der Waals surface area contributed by atoms with Crippen molar-refractivity contribution in [3.63, 3.8) is 0 Å². The molecule has 1 aliphatic carbocycles. The molecule has 148 valence electrons. The van der Waals surface area contributed by atoms with Crippen LogP contribution in [0, 0.1) is 5.92 Å². The largest absolute Gasteiger partial charge is 0.451 e. The van der Waals surface area contributed by atoms with Crippen molar-refractivity contribution >= 4 is 17.0 Å². The van der Waals surface area contributed by atoms with Crippen LogP contribution in [0.1, 0.15) is 38.2 Å². The predicted molar refractivity (Wildman–Crippen MR) is 86.6 cm³/mol. The van der Waals surface area contributed by atoms with Gasteiger partial charge in [0.15, 0.2) is 23.2 Å². The minimum atomic E-state index is -4.76. The van der Waals surface area contributed by atoms with Crippen LogP contribution in [0.4, 0.5) is 23.4 Å². The first kappa shape index (κ1) is 18.4. The number of nitrogens with zero attached hydrogens (tertiary/aromatic N) is 4. The first-order valence-corrected chi connectivity index (χ1v) is 8.76. The topological polar surface area (TPSA) is 85.1 Å². The molecule has 7 nitrogen and oxygen atoms in total. The highest BCUT2D eigenvalue weighted by Gasteiger charge is 2.40. The first-order valence-electron chi connectivity index (χ1n) is 8.76. The first-order chi connectivity index (χ1) is 12.8. The van der Waals surface area contributed by atoms with E-state index in [4.69, 9.17) is 9.84 Å². The van der Waals surface area contributed by atoms with Crippen LogP contribution in [0.5, 0.6) is 0 Å². The number of imidazole rings is 1. The van der Waals surface area contributed by atoms with E-state index >= 15 is 0 Å². The fourth-order valence-corrected chi connectivity index (χ4v) is 3.32. The molecule has 4 rings (SSSR count). The standard InChI is InChI=1S/C16H19F4N5O2/c1-7(8-2-3-8)22-12-11-13(24-15(23-12)16(18,19)20)25(6-21-11)14-10(17)4-9(5-26)27-14/h6-10,14,26H,2-5H2,1H3,(H,22,23,24). The summed E-state index contributed by atoms with van der Waals surface area (Å²) >= 11 is 0. The molecule has 4 atom stereocenters. The highest BCUT2D eigenvalue weighted by molar-refractivity contribution is 5.83. The van der Waals surface area contributed by atoms with Crippen LogP contribution < -0.4 is 5.32 Å². The van der Waals surface area contributed by atoms with Gasteiger partial charge >= 0.3 is 6.18 Å². The van der Waals surface area contributed by atoms with Gasteiger partial charge in [-0.3, -0.25) is 4.57 Å². The predicted octanol–water partition coefficient (Wildman–Crippen LogP) is 2.67. The lowest BCUT2D eigenvalue weighted by Gasteiger charge is -2.18. The van der Waals surface area contributed by atoms with E-state index in [-0.39, 0.29) is 36.1 Å².